The molecule has 0 radical (unpaired) electrons. The van der Waals surface area contributed by atoms with Gasteiger partial charge < -0.3 is 24.2 Å². The van der Waals surface area contributed by atoms with Crippen molar-refractivity contribution >= 4 is 47.4 Å². The van der Waals surface area contributed by atoms with Gasteiger partial charge in [0.2, 0.25) is 5.16 Å². The molecule has 13 heteroatoms. The van der Waals surface area contributed by atoms with Gasteiger partial charge in [-0.25, -0.2) is 14.8 Å². The fourth-order valence-corrected chi connectivity index (χ4v) is 7.40. The molecule has 2 unspecified atom stereocenters. The zero-order valence-corrected chi connectivity index (χ0v) is 29.8. The summed E-state index contributed by atoms with van der Waals surface area (Å²) in [5, 5.41) is 8.87. The summed E-state index contributed by atoms with van der Waals surface area (Å²) in [6.45, 7) is 13.8. The minimum atomic E-state index is -1.36. The van der Waals surface area contributed by atoms with E-state index in [0.717, 1.165) is 70.4 Å². The van der Waals surface area contributed by atoms with Crippen molar-refractivity contribution in [3.05, 3.63) is 71.0 Å². The third-order valence-corrected chi connectivity index (χ3v) is 11.3. The van der Waals surface area contributed by atoms with Gasteiger partial charge in [-0.1, -0.05) is 56.0 Å². The summed E-state index contributed by atoms with van der Waals surface area (Å²) < 4.78 is 24.7. The SMILES string of the molecule is CC(OCC[Si](C)(C)C)c1ccc2[nH]ncc2c1N1CCc2c(nc(S(C)=O)nc2N2CCN(C(=O)OCc3ccccc3)CC2)C1. The first-order chi connectivity index (χ1) is 22.6. The lowest BCUT2D eigenvalue weighted by atomic mass is 9.99. The Hall–Kier alpha value is -3.81. The minimum absolute atomic E-state index is 0.0857. The number of carbonyl (C=O) groups is 1. The molecule has 4 heterocycles. The van der Waals surface area contributed by atoms with Crippen molar-refractivity contribution in [3.8, 4) is 0 Å². The van der Waals surface area contributed by atoms with Crippen LogP contribution in [0.15, 0.2) is 53.8 Å². The third kappa shape index (κ3) is 7.68. The molecule has 0 bridgehead atoms. The lowest BCUT2D eigenvalue weighted by Gasteiger charge is -2.38. The lowest BCUT2D eigenvalue weighted by Crippen LogP contribution is -2.49. The van der Waals surface area contributed by atoms with Crippen molar-refractivity contribution in [2.24, 2.45) is 0 Å². The minimum Gasteiger partial charge on any atom is -0.445 e. The normalized spacial score (nSPS) is 16.7. The van der Waals surface area contributed by atoms with Gasteiger partial charge >= 0.3 is 6.09 Å². The number of aromatic amines is 1. The molecule has 4 aromatic rings. The van der Waals surface area contributed by atoms with Crippen LogP contribution in [-0.2, 0) is 39.8 Å². The molecule has 47 heavy (non-hydrogen) atoms. The van der Waals surface area contributed by atoms with Gasteiger partial charge in [-0.2, -0.15) is 5.10 Å². The number of fused-ring (bicyclic) bond motifs is 2. The molecule has 2 aromatic heterocycles. The number of rotatable bonds is 10. The number of amides is 1. The smallest absolute Gasteiger partial charge is 0.410 e. The second-order valence-electron chi connectivity index (χ2n) is 13.6. The van der Waals surface area contributed by atoms with Crippen LogP contribution in [0, 0.1) is 0 Å². The van der Waals surface area contributed by atoms with E-state index in [-0.39, 0.29) is 18.8 Å². The highest BCUT2D eigenvalue weighted by atomic mass is 32.2. The van der Waals surface area contributed by atoms with E-state index in [2.05, 4.69) is 58.7 Å². The predicted molar refractivity (Wildman–Crippen MR) is 188 cm³/mol. The first-order valence-electron chi connectivity index (χ1n) is 16.3. The molecule has 6 rings (SSSR count). The summed E-state index contributed by atoms with van der Waals surface area (Å²) in [4.78, 5) is 28.8. The standard InChI is InChI=1S/C34H45N7O4SSi/c1-24(44-19-20-47(3,4)5)26-11-12-29-28(21-35-38-29)31(26)41-14-13-27-30(22-41)36-33(46(2)43)37-32(27)39-15-17-40(18-16-39)34(42)45-23-25-9-7-6-8-10-25/h6-12,21,24H,13-20,22-23H2,1-5H3,(H,35,38). The summed E-state index contributed by atoms with van der Waals surface area (Å²) in [6, 6.07) is 15.0. The molecule has 1 amide bonds. The lowest BCUT2D eigenvalue weighted by molar-refractivity contribution is 0.0761. The number of carbonyl (C=O) groups excluding carboxylic acids is 1. The van der Waals surface area contributed by atoms with Gasteiger partial charge in [0.25, 0.3) is 0 Å². The number of nitrogens with zero attached hydrogens (tertiary/aromatic N) is 6. The van der Waals surface area contributed by atoms with E-state index in [1.807, 2.05) is 36.5 Å². The molecule has 250 valence electrons. The molecule has 11 nitrogen and oxygen atoms in total. The van der Waals surface area contributed by atoms with Crippen molar-refractivity contribution < 1.29 is 18.5 Å². The molecular formula is C34H45N7O4SSi. The summed E-state index contributed by atoms with van der Waals surface area (Å²) >= 11 is 0. The van der Waals surface area contributed by atoms with Crippen LogP contribution >= 0.6 is 0 Å². The molecule has 2 aliphatic rings. The van der Waals surface area contributed by atoms with Crippen LogP contribution in [0.5, 0.6) is 0 Å². The fraction of sp³-hybridized carbons (Fsp3) is 0.471. The Kier molecular flexibility index (Phi) is 9.95. The molecule has 2 aliphatic heterocycles. The zero-order valence-electron chi connectivity index (χ0n) is 28.0. The largest absolute Gasteiger partial charge is 0.445 e. The third-order valence-electron chi connectivity index (χ3n) is 8.92. The summed E-state index contributed by atoms with van der Waals surface area (Å²) in [7, 11) is -2.58. The molecule has 1 fully saturated rings. The average Bonchev–Trinajstić information content (AvgIpc) is 3.55. The summed E-state index contributed by atoms with van der Waals surface area (Å²) in [5.74, 6) is 0.821. The number of aromatic nitrogens is 4. The Morgan fingerprint density at radius 3 is 2.51 bits per heavy atom. The predicted octanol–water partition coefficient (Wildman–Crippen LogP) is 5.53. The van der Waals surface area contributed by atoms with Gasteiger partial charge in [-0.15, -0.1) is 0 Å². The van der Waals surface area contributed by atoms with Gasteiger partial charge in [0.15, 0.2) is 0 Å². The number of hydrogen-bond acceptors (Lipinski definition) is 9. The van der Waals surface area contributed by atoms with Crippen LogP contribution in [0.1, 0.15) is 35.4 Å². The van der Waals surface area contributed by atoms with Crippen molar-refractivity contribution in [3.63, 3.8) is 0 Å². The van der Waals surface area contributed by atoms with Crippen LogP contribution in [-0.4, -0.2) is 89.0 Å². The maximum atomic E-state index is 12.8. The van der Waals surface area contributed by atoms with Crippen molar-refractivity contribution in [2.75, 3.05) is 55.4 Å². The number of piperazine rings is 1. The van der Waals surface area contributed by atoms with Crippen LogP contribution in [0.2, 0.25) is 25.7 Å². The van der Waals surface area contributed by atoms with E-state index in [0.29, 0.717) is 37.9 Å². The van der Waals surface area contributed by atoms with Crippen molar-refractivity contribution in [1.29, 1.82) is 0 Å². The number of nitrogens with one attached hydrogen (secondary N) is 1. The Labute approximate surface area is 280 Å². The average molecular weight is 676 g/mol. The second-order valence-corrected chi connectivity index (χ2v) is 20.4. The highest BCUT2D eigenvalue weighted by Gasteiger charge is 2.31. The van der Waals surface area contributed by atoms with Crippen LogP contribution < -0.4 is 9.80 Å². The molecule has 2 aromatic carbocycles. The van der Waals surface area contributed by atoms with Gasteiger partial charge in [-0.05, 0) is 31.0 Å². The molecule has 2 atom stereocenters. The second kappa shape index (κ2) is 14.1. The van der Waals surface area contributed by atoms with Gasteiger partial charge in [0.05, 0.1) is 46.5 Å². The van der Waals surface area contributed by atoms with E-state index in [9.17, 15) is 9.00 Å². The van der Waals surface area contributed by atoms with Crippen molar-refractivity contribution in [1.82, 2.24) is 25.1 Å². The van der Waals surface area contributed by atoms with Crippen molar-refractivity contribution in [2.45, 2.75) is 63.4 Å². The molecule has 0 saturated carbocycles. The highest BCUT2D eigenvalue weighted by Crippen LogP contribution is 2.39. The molecular weight excluding hydrogens is 631 g/mol. The first-order valence-corrected chi connectivity index (χ1v) is 21.6. The van der Waals surface area contributed by atoms with E-state index < -0.39 is 18.9 Å². The van der Waals surface area contributed by atoms with Crippen LogP contribution in [0.3, 0.4) is 0 Å². The Balaban J connectivity index is 1.21. The summed E-state index contributed by atoms with van der Waals surface area (Å²) in [6.07, 6.45) is 3.85. The van der Waals surface area contributed by atoms with E-state index >= 15 is 0 Å². The number of hydrogen-bond donors (Lipinski definition) is 1. The first kappa shape index (κ1) is 33.1. The van der Waals surface area contributed by atoms with Gasteiger partial charge in [0.1, 0.15) is 12.4 Å². The molecule has 1 N–H and O–H groups in total. The van der Waals surface area contributed by atoms with Gasteiger partial charge in [0, 0.05) is 70.2 Å². The van der Waals surface area contributed by atoms with Gasteiger partial charge in [-0.3, -0.25) is 9.31 Å². The molecule has 1 saturated heterocycles. The maximum Gasteiger partial charge on any atom is 0.410 e. The van der Waals surface area contributed by atoms with E-state index in [1.54, 1.807) is 11.2 Å². The zero-order chi connectivity index (χ0) is 33.1. The number of ether oxygens (including phenoxy) is 2. The van der Waals surface area contributed by atoms with Crippen LogP contribution in [0.25, 0.3) is 10.9 Å². The summed E-state index contributed by atoms with van der Waals surface area (Å²) in [5.41, 5.74) is 6.13. The molecule has 0 aliphatic carbocycles. The monoisotopic (exact) mass is 675 g/mol. The Morgan fingerprint density at radius 2 is 1.79 bits per heavy atom. The van der Waals surface area contributed by atoms with E-state index in [1.165, 1.54) is 0 Å². The fourth-order valence-electron chi connectivity index (χ4n) is 6.21. The molecule has 0 spiro atoms. The number of benzene rings is 2. The highest BCUT2D eigenvalue weighted by molar-refractivity contribution is 7.84. The Morgan fingerprint density at radius 1 is 1.02 bits per heavy atom. The quantitative estimate of drug-likeness (QED) is 0.171. The number of H-pyrrole nitrogens is 1. The maximum absolute atomic E-state index is 12.8. The Bertz CT molecular complexity index is 1740. The van der Waals surface area contributed by atoms with Crippen LogP contribution in [0.4, 0.5) is 16.3 Å². The van der Waals surface area contributed by atoms with E-state index in [4.69, 9.17) is 19.4 Å². The number of anilines is 2. The topological polar surface area (TPSA) is 117 Å².